The molecule has 2 aromatic rings. The van der Waals surface area contributed by atoms with E-state index in [2.05, 4.69) is 11.1 Å². The van der Waals surface area contributed by atoms with E-state index in [1.165, 1.54) is 11.3 Å². The van der Waals surface area contributed by atoms with E-state index in [0.717, 1.165) is 26.7 Å². The van der Waals surface area contributed by atoms with Crippen molar-refractivity contribution in [3.05, 3.63) is 35.0 Å². The van der Waals surface area contributed by atoms with Gasteiger partial charge in [-0.05, 0) is 55.9 Å². The lowest BCUT2D eigenvalue weighted by Crippen LogP contribution is -2.33. The van der Waals surface area contributed by atoms with Crippen LogP contribution in [0.1, 0.15) is 36.3 Å². The highest BCUT2D eigenvalue weighted by Gasteiger charge is 2.36. The summed E-state index contributed by atoms with van der Waals surface area (Å²) >= 11 is 1.51. The van der Waals surface area contributed by atoms with E-state index >= 15 is 0 Å². The molecule has 0 spiro atoms. The number of rotatable bonds is 2. The number of aliphatic hydroxyl groups is 2. The Labute approximate surface area is 128 Å². The summed E-state index contributed by atoms with van der Waals surface area (Å²) in [5, 5.41) is 21.1. The number of aryl methyl sites for hydroxylation is 1. The molecule has 0 atom stereocenters. The molecule has 1 aromatic carbocycles. The summed E-state index contributed by atoms with van der Waals surface area (Å²) in [6.07, 6.45) is 3.90. The van der Waals surface area contributed by atoms with Gasteiger partial charge in [-0.15, -0.1) is 11.3 Å². The molecule has 4 N–H and O–H groups in total. The van der Waals surface area contributed by atoms with Gasteiger partial charge in [0.25, 0.3) is 0 Å². The molecular formula is C16H20N2O2S. The van der Waals surface area contributed by atoms with Crippen LogP contribution in [0, 0.1) is 6.92 Å². The molecule has 1 aromatic heterocycles. The van der Waals surface area contributed by atoms with Gasteiger partial charge in [0.2, 0.25) is 0 Å². The van der Waals surface area contributed by atoms with Gasteiger partial charge in [0.1, 0.15) is 10.6 Å². The molecule has 5 heteroatoms. The topological polar surface area (TPSA) is 79.4 Å². The molecule has 0 radical (unpaired) electrons. The fraction of sp³-hybridized carbons (Fsp3) is 0.438. The Hall–Kier alpha value is -1.43. The molecule has 1 saturated carbocycles. The summed E-state index contributed by atoms with van der Waals surface area (Å²) < 4.78 is 0. The molecule has 21 heavy (non-hydrogen) atoms. The highest BCUT2D eigenvalue weighted by Crippen LogP contribution is 2.41. The van der Waals surface area contributed by atoms with Crippen LogP contribution in [0.15, 0.2) is 24.4 Å². The number of aliphatic hydroxyl groups excluding tert-OH is 1. The standard InChI is InChI=1S/C16H20N2O2S/c1-10-6-11(8-12(17)7-10)14-9-18-15(21-14)16(20)4-2-13(19)3-5-16/h6-9,13,19-20H,2-5,17H2,1H3/t13-,16+. The van der Waals surface area contributed by atoms with Gasteiger partial charge >= 0.3 is 0 Å². The van der Waals surface area contributed by atoms with Crippen molar-refractivity contribution in [2.24, 2.45) is 0 Å². The number of aromatic nitrogens is 1. The molecule has 0 bridgehead atoms. The molecule has 112 valence electrons. The minimum absolute atomic E-state index is 0.290. The first-order valence-corrected chi connectivity index (χ1v) is 8.02. The maximum Gasteiger partial charge on any atom is 0.125 e. The van der Waals surface area contributed by atoms with Crippen molar-refractivity contribution < 1.29 is 10.2 Å². The van der Waals surface area contributed by atoms with Gasteiger partial charge in [-0.3, -0.25) is 0 Å². The van der Waals surface area contributed by atoms with Crippen LogP contribution in [0.25, 0.3) is 10.4 Å². The Morgan fingerprint density at radius 3 is 2.67 bits per heavy atom. The average Bonchev–Trinajstić information content (AvgIpc) is 2.92. The number of thiazole rings is 1. The van der Waals surface area contributed by atoms with Crippen molar-refractivity contribution in [1.29, 1.82) is 0 Å². The summed E-state index contributed by atoms with van der Waals surface area (Å²) in [4.78, 5) is 5.43. The summed E-state index contributed by atoms with van der Waals surface area (Å²) in [5.74, 6) is 0. The second-order valence-electron chi connectivity index (χ2n) is 5.92. The number of anilines is 1. The molecule has 0 unspecified atom stereocenters. The lowest BCUT2D eigenvalue weighted by molar-refractivity contribution is -0.0362. The zero-order valence-electron chi connectivity index (χ0n) is 12.0. The average molecular weight is 304 g/mol. The number of hydrogen-bond acceptors (Lipinski definition) is 5. The van der Waals surface area contributed by atoms with Gasteiger partial charge in [-0.25, -0.2) is 4.98 Å². The molecule has 0 aliphatic heterocycles. The van der Waals surface area contributed by atoms with E-state index in [0.29, 0.717) is 25.7 Å². The van der Waals surface area contributed by atoms with Crippen molar-refractivity contribution in [2.45, 2.75) is 44.3 Å². The van der Waals surface area contributed by atoms with Gasteiger partial charge < -0.3 is 15.9 Å². The summed E-state index contributed by atoms with van der Waals surface area (Å²) in [5.41, 5.74) is 7.89. The second-order valence-corrected chi connectivity index (χ2v) is 6.96. The third-order valence-electron chi connectivity index (χ3n) is 4.07. The smallest absolute Gasteiger partial charge is 0.125 e. The van der Waals surface area contributed by atoms with Crippen molar-refractivity contribution in [3.63, 3.8) is 0 Å². The van der Waals surface area contributed by atoms with Gasteiger partial charge in [0.15, 0.2) is 0 Å². The number of hydrogen-bond donors (Lipinski definition) is 3. The minimum Gasteiger partial charge on any atom is -0.399 e. The lowest BCUT2D eigenvalue weighted by Gasteiger charge is -2.32. The van der Waals surface area contributed by atoms with Crippen LogP contribution in [0.3, 0.4) is 0 Å². The van der Waals surface area contributed by atoms with E-state index in [-0.39, 0.29) is 6.10 Å². The van der Waals surface area contributed by atoms with E-state index in [1.54, 1.807) is 6.20 Å². The molecule has 1 aliphatic rings. The number of nitrogen functional groups attached to an aromatic ring is 1. The van der Waals surface area contributed by atoms with Crippen LogP contribution in [-0.2, 0) is 5.60 Å². The van der Waals surface area contributed by atoms with Crippen molar-refractivity contribution in [2.75, 3.05) is 5.73 Å². The van der Waals surface area contributed by atoms with E-state index in [1.807, 2.05) is 19.1 Å². The molecule has 1 heterocycles. The number of nitrogens with zero attached hydrogens (tertiary/aromatic N) is 1. The Bertz CT molecular complexity index is 625. The first kappa shape index (κ1) is 14.5. The van der Waals surface area contributed by atoms with Crippen molar-refractivity contribution in [3.8, 4) is 10.4 Å². The van der Waals surface area contributed by atoms with Crippen LogP contribution in [-0.4, -0.2) is 21.3 Å². The molecular weight excluding hydrogens is 284 g/mol. The quantitative estimate of drug-likeness (QED) is 0.745. The predicted molar refractivity (Wildman–Crippen MR) is 85.1 cm³/mol. The predicted octanol–water partition coefficient (Wildman–Crippen LogP) is 2.82. The minimum atomic E-state index is -0.891. The highest BCUT2D eigenvalue weighted by atomic mass is 32.1. The summed E-state index contributed by atoms with van der Waals surface area (Å²) in [7, 11) is 0. The third-order valence-corrected chi connectivity index (χ3v) is 5.31. The summed E-state index contributed by atoms with van der Waals surface area (Å²) in [6, 6.07) is 5.93. The Kier molecular flexibility index (Phi) is 3.73. The molecule has 1 fully saturated rings. The van der Waals surface area contributed by atoms with Crippen LogP contribution in [0.2, 0.25) is 0 Å². The summed E-state index contributed by atoms with van der Waals surface area (Å²) in [6.45, 7) is 2.01. The fourth-order valence-electron chi connectivity index (χ4n) is 2.87. The SMILES string of the molecule is Cc1cc(N)cc(-c2cnc([C@]3(O)CC[C@@H](O)CC3)s2)c1. The third kappa shape index (κ3) is 2.95. The molecule has 0 saturated heterocycles. The monoisotopic (exact) mass is 304 g/mol. The van der Waals surface area contributed by atoms with E-state index in [9.17, 15) is 10.2 Å². The van der Waals surface area contributed by atoms with E-state index in [4.69, 9.17) is 5.73 Å². The van der Waals surface area contributed by atoms with Crippen LogP contribution >= 0.6 is 11.3 Å². The highest BCUT2D eigenvalue weighted by molar-refractivity contribution is 7.15. The van der Waals surface area contributed by atoms with Gasteiger partial charge in [-0.2, -0.15) is 0 Å². The van der Waals surface area contributed by atoms with Gasteiger partial charge in [-0.1, -0.05) is 6.07 Å². The molecule has 3 rings (SSSR count). The van der Waals surface area contributed by atoms with Crippen LogP contribution < -0.4 is 5.73 Å². The second kappa shape index (κ2) is 5.40. The number of nitrogens with two attached hydrogens (primary N) is 1. The normalized spacial score (nSPS) is 26.0. The molecule has 0 amide bonds. The van der Waals surface area contributed by atoms with Crippen molar-refractivity contribution in [1.82, 2.24) is 4.98 Å². The molecule has 1 aliphatic carbocycles. The first-order valence-electron chi connectivity index (χ1n) is 7.20. The first-order chi connectivity index (χ1) is 9.96. The van der Waals surface area contributed by atoms with Gasteiger partial charge in [0, 0.05) is 11.9 Å². The zero-order valence-corrected chi connectivity index (χ0v) is 12.9. The maximum atomic E-state index is 10.7. The maximum absolute atomic E-state index is 10.7. The van der Waals surface area contributed by atoms with E-state index < -0.39 is 5.60 Å². The zero-order chi connectivity index (χ0) is 15.0. The Morgan fingerprint density at radius 1 is 1.29 bits per heavy atom. The van der Waals surface area contributed by atoms with Crippen LogP contribution in [0.5, 0.6) is 0 Å². The Morgan fingerprint density at radius 2 is 2.00 bits per heavy atom. The fourth-order valence-corrected chi connectivity index (χ4v) is 3.92. The lowest BCUT2D eigenvalue weighted by atomic mass is 9.84. The van der Waals surface area contributed by atoms with Crippen molar-refractivity contribution >= 4 is 17.0 Å². The largest absolute Gasteiger partial charge is 0.399 e. The van der Waals surface area contributed by atoms with Gasteiger partial charge in [0.05, 0.1) is 11.0 Å². The number of benzene rings is 1. The molecule has 4 nitrogen and oxygen atoms in total. The van der Waals surface area contributed by atoms with Crippen LogP contribution in [0.4, 0.5) is 5.69 Å². The Balaban J connectivity index is 1.89.